The van der Waals surface area contributed by atoms with Gasteiger partial charge in [-0.25, -0.2) is 0 Å². The van der Waals surface area contributed by atoms with Crippen LogP contribution in [0, 0.1) is 5.41 Å². The zero-order valence-electron chi connectivity index (χ0n) is 19.0. The van der Waals surface area contributed by atoms with E-state index in [-0.39, 0.29) is 17.1 Å². The van der Waals surface area contributed by atoms with Crippen LogP contribution >= 0.6 is 23.2 Å². The number of hydrogen-bond donors (Lipinski definition) is 2. The van der Waals surface area contributed by atoms with Gasteiger partial charge in [0.25, 0.3) is 5.91 Å². The summed E-state index contributed by atoms with van der Waals surface area (Å²) < 4.78 is 5.38. The van der Waals surface area contributed by atoms with Crippen molar-refractivity contribution in [2.75, 3.05) is 12.4 Å². The molecule has 2 aliphatic rings. The van der Waals surface area contributed by atoms with Crippen LogP contribution in [0.25, 0.3) is 0 Å². The van der Waals surface area contributed by atoms with Gasteiger partial charge in [0.2, 0.25) is 0 Å². The fourth-order valence-electron chi connectivity index (χ4n) is 4.70. The van der Waals surface area contributed by atoms with E-state index in [1.54, 1.807) is 31.4 Å². The van der Waals surface area contributed by atoms with E-state index in [9.17, 15) is 9.59 Å². The molecule has 2 aromatic carbocycles. The molecule has 0 fully saturated rings. The van der Waals surface area contributed by atoms with Crippen molar-refractivity contribution in [2.45, 2.75) is 39.5 Å². The number of benzene rings is 2. The summed E-state index contributed by atoms with van der Waals surface area (Å²) in [4.78, 5) is 27.0. The van der Waals surface area contributed by atoms with Gasteiger partial charge in [0.05, 0.1) is 22.8 Å². The van der Waals surface area contributed by atoms with E-state index in [1.165, 1.54) is 0 Å². The van der Waals surface area contributed by atoms with E-state index in [0.29, 0.717) is 51.2 Å². The number of allylic oxidation sites excluding steroid dienone is 3. The maximum absolute atomic E-state index is 13.6. The molecule has 2 aromatic rings. The molecular formula is C26H26Cl2N2O3. The Morgan fingerprint density at radius 2 is 1.85 bits per heavy atom. The number of nitrogens with one attached hydrogen (secondary N) is 2. The number of ether oxygens (including phenoxy) is 1. The van der Waals surface area contributed by atoms with Crippen LogP contribution in [0.2, 0.25) is 10.0 Å². The van der Waals surface area contributed by atoms with E-state index < -0.39 is 5.92 Å². The van der Waals surface area contributed by atoms with Gasteiger partial charge < -0.3 is 15.4 Å². The van der Waals surface area contributed by atoms with Gasteiger partial charge in [-0.15, -0.1) is 0 Å². The average molecular weight is 485 g/mol. The Kier molecular flexibility index (Phi) is 6.30. The molecule has 1 aliphatic heterocycles. The summed E-state index contributed by atoms with van der Waals surface area (Å²) in [6.07, 6.45) is 1.12. The molecule has 0 bridgehead atoms. The average Bonchev–Trinajstić information content (AvgIpc) is 2.74. The Morgan fingerprint density at radius 1 is 1.12 bits per heavy atom. The van der Waals surface area contributed by atoms with Crippen molar-refractivity contribution in [3.05, 3.63) is 80.6 Å². The summed E-state index contributed by atoms with van der Waals surface area (Å²) in [6.45, 7) is 6.01. The van der Waals surface area contributed by atoms with Gasteiger partial charge in [0.1, 0.15) is 5.75 Å². The van der Waals surface area contributed by atoms with Gasteiger partial charge in [-0.2, -0.15) is 0 Å². The van der Waals surface area contributed by atoms with Crippen molar-refractivity contribution in [1.82, 2.24) is 5.32 Å². The summed E-state index contributed by atoms with van der Waals surface area (Å²) in [5.74, 6) is -0.298. The predicted molar refractivity (Wildman–Crippen MR) is 132 cm³/mol. The van der Waals surface area contributed by atoms with Crippen LogP contribution in [-0.4, -0.2) is 18.8 Å². The van der Waals surface area contributed by atoms with Crippen LogP contribution in [0.15, 0.2) is 65.0 Å². The van der Waals surface area contributed by atoms with Crippen LogP contribution in [0.4, 0.5) is 5.69 Å². The molecule has 1 amide bonds. The molecule has 2 N–H and O–H groups in total. The van der Waals surface area contributed by atoms with Crippen molar-refractivity contribution in [3.63, 3.8) is 0 Å². The standard InChI is InChI=1S/C26H26Cl2N2O3/c1-14-22(25(32)30-18-7-5-6-8-21(18)33-4)23(15-9-10-16(27)17(28)11-15)24-19(29-14)12-26(2,3)13-20(24)31/h5-11,23,29H,12-13H2,1-4H3,(H,30,32). The fraction of sp³-hybridized carbons (Fsp3) is 0.308. The molecule has 0 saturated carbocycles. The second-order valence-corrected chi connectivity index (χ2v) is 10.1. The van der Waals surface area contributed by atoms with Crippen LogP contribution in [0.3, 0.4) is 0 Å². The first kappa shape index (κ1) is 23.4. The number of anilines is 1. The third-order valence-corrected chi connectivity index (χ3v) is 6.86. The molecule has 5 nitrogen and oxygen atoms in total. The topological polar surface area (TPSA) is 67.4 Å². The number of dihydropyridines is 1. The highest BCUT2D eigenvalue weighted by atomic mass is 35.5. The van der Waals surface area contributed by atoms with E-state index in [4.69, 9.17) is 27.9 Å². The maximum atomic E-state index is 13.6. The third kappa shape index (κ3) is 4.53. The molecule has 172 valence electrons. The minimum Gasteiger partial charge on any atom is -0.495 e. The van der Waals surface area contributed by atoms with E-state index in [1.807, 2.05) is 25.1 Å². The summed E-state index contributed by atoms with van der Waals surface area (Å²) in [5, 5.41) is 7.11. The number of methoxy groups -OCH3 is 1. The highest BCUT2D eigenvalue weighted by molar-refractivity contribution is 6.42. The number of ketones is 1. The lowest BCUT2D eigenvalue weighted by Gasteiger charge is -2.39. The molecule has 7 heteroatoms. The third-order valence-electron chi connectivity index (χ3n) is 6.12. The molecule has 1 heterocycles. The van der Waals surface area contributed by atoms with Crippen LogP contribution in [0.5, 0.6) is 5.75 Å². The first-order valence-electron chi connectivity index (χ1n) is 10.7. The molecular weight excluding hydrogens is 459 g/mol. The number of para-hydroxylation sites is 2. The maximum Gasteiger partial charge on any atom is 0.254 e. The highest BCUT2D eigenvalue weighted by Crippen LogP contribution is 2.47. The van der Waals surface area contributed by atoms with Gasteiger partial charge in [-0.1, -0.05) is 55.2 Å². The molecule has 1 unspecified atom stereocenters. The number of amides is 1. The monoisotopic (exact) mass is 484 g/mol. The second kappa shape index (κ2) is 8.88. The Labute approximate surface area is 203 Å². The number of hydrogen-bond acceptors (Lipinski definition) is 4. The van der Waals surface area contributed by atoms with Crippen molar-refractivity contribution in [2.24, 2.45) is 5.41 Å². The number of carbonyl (C=O) groups is 2. The van der Waals surface area contributed by atoms with Crippen LogP contribution in [0.1, 0.15) is 45.1 Å². The van der Waals surface area contributed by atoms with Crippen LogP contribution in [-0.2, 0) is 9.59 Å². The number of rotatable bonds is 4. The summed E-state index contributed by atoms with van der Waals surface area (Å²) >= 11 is 12.5. The first-order chi connectivity index (χ1) is 15.6. The number of halogens is 2. The SMILES string of the molecule is COc1ccccc1NC(=O)C1=C(C)NC2=C(C(=O)CC(C)(C)C2)C1c1ccc(Cl)c(Cl)c1. The van der Waals surface area contributed by atoms with Gasteiger partial charge in [-0.3, -0.25) is 9.59 Å². The molecule has 1 atom stereocenters. The number of Topliss-reactive ketones (excluding diaryl/α,β-unsaturated/α-hetero) is 1. The fourth-order valence-corrected chi connectivity index (χ4v) is 5.01. The van der Waals surface area contributed by atoms with Crippen molar-refractivity contribution < 1.29 is 14.3 Å². The molecule has 1 aliphatic carbocycles. The quantitative estimate of drug-likeness (QED) is 0.538. The molecule has 0 spiro atoms. The summed E-state index contributed by atoms with van der Waals surface area (Å²) in [6, 6.07) is 12.5. The predicted octanol–water partition coefficient (Wildman–Crippen LogP) is 6.24. The smallest absolute Gasteiger partial charge is 0.254 e. The minimum atomic E-state index is -0.561. The van der Waals surface area contributed by atoms with Gasteiger partial charge >= 0.3 is 0 Å². The molecule has 0 radical (unpaired) electrons. The largest absolute Gasteiger partial charge is 0.495 e. The minimum absolute atomic E-state index is 0.0277. The second-order valence-electron chi connectivity index (χ2n) is 9.26. The highest BCUT2D eigenvalue weighted by Gasteiger charge is 2.42. The Balaban J connectivity index is 1.83. The Bertz CT molecular complexity index is 1210. The Hall–Kier alpha value is -2.76. The molecule has 0 aromatic heterocycles. The summed E-state index contributed by atoms with van der Waals surface area (Å²) in [5.41, 5.74) is 3.77. The zero-order chi connectivity index (χ0) is 23.9. The van der Waals surface area contributed by atoms with E-state index in [0.717, 1.165) is 11.3 Å². The van der Waals surface area contributed by atoms with Gasteiger partial charge in [-0.05, 0) is 48.6 Å². The van der Waals surface area contributed by atoms with Gasteiger partial charge in [0.15, 0.2) is 5.78 Å². The lowest BCUT2D eigenvalue weighted by atomic mass is 9.68. The number of carbonyl (C=O) groups excluding carboxylic acids is 2. The van der Waals surface area contributed by atoms with Crippen molar-refractivity contribution in [3.8, 4) is 5.75 Å². The molecule has 0 saturated heterocycles. The first-order valence-corrected chi connectivity index (χ1v) is 11.5. The van der Waals surface area contributed by atoms with Crippen molar-refractivity contribution >= 4 is 40.6 Å². The summed E-state index contributed by atoms with van der Waals surface area (Å²) in [7, 11) is 1.55. The lowest BCUT2D eigenvalue weighted by molar-refractivity contribution is -0.118. The van der Waals surface area contributed by atoms with E-state index >= 15 is 0 Å². The molecule has 33 heavy (non-hydrogen) atoms. The van der Waals surface area contributed by atoms with Gasteiger partial charge in [0, 0.05) is 34.9 Å². The van der Waals surface area contributed by atoms with Crippen molar-refractivity contribution in [1.29, 1.82) is 0 Å². The van der Waals surface area contributed by atoms with Crippen LogP contribution < -0.4 is 15.4 Å². The van der Waals surface area contributed by atoms with E-state index in [2.05, 4.69) is 24.5 Å². The molecule has 4 rings (SSSR count). The lowest BCUT2D eigenvalue weighted by Crippen LogP contribution is -2.39. The normalized spacial score (nSPS) is 19.7. The Morgan fingerprint density at radius 3 is 2.55 bits per heavy atom. The zero-order valence-corrected chi connectivity index (χ0v) is 20.5.